The maximum atomic E-state index is 13.0. The third-order valence-corrected chi connectivity index (χ3v) is 3.94. The fourth-order valence-electron chi connectivity index (χ4n) is 2.24. The summed E-state index contributed by atoms with van der Waals surface area (Å²) in [6, 6.07) is 5.74. The predicted molar refractivity (Wildman–Crippen MR) is 87.1 cm³/mol. The van der Waals surface area contributed by atoms with Gasteiger partial charge in [0.25, 0.3) is 0 Å². The number of nitrogens with zero attached hydrogens (tertiary/aromatic N) is 1. The molecule has 0 unspecified atom stereocenters. The highest BCUT2D eigenvalue weighted by Crippen LogP contribution is 2.38. The van der Waals surface area contributed by atoms with Crippen molar-refractivity contribution < 1.29 is 14.0 Å². The van der Waals surface area contributed by atoms with E-state index in [4.69, 9.17) is 11.6 Å². The van der Waals surface area contributed by atoms with Crippen LogP contribution in [0, 0.1) is 5.82 Å². The van der Waals surface area contributed by atoms with E-state index < -0.39 is 17.6 Å². The van der Waals surface area contributed by atoms with E-state index in [1.54, 1.807) is 0 Å². The average molecular weight is 351 g/mol. The lowest BCUT2D eigenvalue weighted by atomic mass is 10.2. The molecule has 0 radical (unpaired) electrons. The largest absolute Gasteiger partial charge is 0.350 e. The van der Waals surface area contributed by atoms with E-state index in [1.165, 1.54) is 12.1 Å². The number of nitrogens with one attached hydrogen (secondary N) is 3. The molecule has 1 aromatic carbocycles. The summed E-state index contributed by atoms with van der Waals surface area (Å²) in [4.78, 5) is 23.6. The Kier molecular flexibility index (Phi) is 4.80. The predicted octanol–water partition coefficient (Wildman–Crippen LogP) is 2.72. The summed E-state index contributed by atoms with van der Waals surface area (Å²) < 4.78 is 13.0. The number of hydrogen-bond donors (Lipinski definition) is 3. The van der Waals surface area contributed by atoms with Gasteiger partial charge in [-0.3, -0.25) is 14.7 Å². The van der Waals surface area contributed by atoms with Gasteiger partial charge < -0.3 is 10.6 Å². The van der Waals surface area contributed by atoms with Gasteiger partial charge in [-0.05, 0) is 37.1 Å². The zero-order valence-electron chi connectivity index (χ0n) is 12.7. The van der Waals surface area contributed by atoms with E-state index in [-0.39, 0.29) is 18.0 Å². The first-order chi connectivity index (χ1) is 11.5. The van der Waals surface area contributed by atoms with E-state index in [0.717, 1.165) is 30.3 Å². The van der Waals surface area contributed by atoms with Crippen molar-refractivity contribution in [3.05, 3.63) is 46.5 Å². The van der Waals surface area contributed by atoms with Gasteiger partial charge in [0.05, 0.1) is 23.0 Å². The highest BCUT2D eigenvalue weighted by Gasteiger charge is 2.26. The third kappa shape index (κ3) is 4.32. The zero-order valence-corrected chi connectivity index (χ0v) is 13.5. The maximum absolute atomic E-state index is 13.0. The molecule has 2 aromatic rings. The quantitative estimate of drug-likeness (QED) is 0.700. The summed E-state index contributed by atoms with van der Waals surface area (Å²) in [5.74, 6) is -0.946. The van der Waals surface area contributed by atoms with Crippen LogP contribution in [-0.4, -0.2) is 22.0 Å². The number of rotatable bonds is 6. The minimum Gasteiger partial charge on any atom is -0.350 e. The van der Waals surface area contributed by atoms with E-state index in [9.17, 15) is 14.0 Å². The molecule has 1 saturated carbocycles. The van der Waals surface area contributed by atoms with E-state index in [2.05, 4.69) is 20.8 Å². The third-order valence-electron chi connectivity index (χ3n) is 3.65. The highest BCUT2D eigenvalue weighted by atomic mass is 35.5. The van der Waals surface area contributed by atoms with Gasteiger partial charge in [-0.25, -0.2) is 4.39 Å². The van der Waals surface area contributed by atoms with Crippen LogP contribution in [0.1, 0.15) is 36.6 Å². The summed E-state index contributed by atoms with van der Waals surface area (Å²) in [5, 5.41) is 12.1. The molecule has 0 saturated heterocycles. The van der Waals surface area contributed by atoms with E-state index in [1.807, 2.05) is 6.07 Å². The van der Waals surface area contributed by atoms with Crippen molar-refractivity contribution in [3.63, 3.8) is 0 Å². The molecule has 3 rings (SSSR count). The van der Waals surface area contributed by atoms with Crippen LogP contribution in [0.3, 0.4) is 0 Å². The van der Waals surface area contributed by atoms with Crippen LogP contribution < -0.4 is 10.6 Å². The summed E-state index contributed by atoms with van der Waals surface area (Å²) in [6.07, 6.45) is 1.98. The number of aromatic nitrogens is 2. The normalized spacial score (nSPS) is 13.6. The minimum absolute atomic E-state index is 0.0945. The number of anilines is 1. The maximum Gasteiger partial charge on any atom is 0.233 e. The molecule has 0 spiro atoms. The van der Waals surface area contributed by atoms with Crippen molar-refractivity contribution in [1.29, 1.82) is 0 Å². The van der Waals surface area contributed by atoms with Gasteiger partial charge in [-0.15, -0.1) is 0 Å². The molecule has 1 aliphatic rings. The topological polar surface area (TPSA) is 86.9 Å². The van der Waals surface area contributed by atoms with Crippen LogP contribution in [0.5, 0.6) is 0 Å². The van der Waals surface area contributed by atoms with Crippen LogP contribution in [-0.2, 0) is 16.1 Å². The Balaban J connectivity index is 1.44. The molecular formula is C16H16ClFN4O2. The number of benzene rings is 1. The van der Waals surface area contributed by atoms with Crippen LogP contribution in [0.25, 0.3) is 0 Å². The lowest BCUT2D eigenvalue weighted by Crippen LogP contribution is -2.27. The van der Waals surface area contributed by atoms with E-state index in [0.29, 0.717) is 11.6 Å². The molecule has 2 amide bonds. The summed E-state index contributed by atoms with van der Waals surface area (Å²) >= 11 is 5.63. The molecule has 0 aliphatic heterocycles. The number of hydrogen-bond acceptors (Lipinski definition) is 3. The molecule has 1 fully saturated rings. The Morgan fingerprint density at radius 3 is 2.79 bits per heavy atom. The molecule has 0 bridgehead atoms. The summed E-state index contributed by atoms with van der Waals surface area (Å²) in [5.41, 5.74) is 2.16. The Morgan fingerprint density at radius 2 is 2.08 bits per heavy atom. The molecule has 6 nitrogen and oxygen atoms in total. The first-order valence-corrected chi connectivity index (χ1v) is 7.95. The van der Waals surface area contributed by atoms with Crippen LogP contribution >= 0.6 is 11.6 Å². The SMILES string of the molecule is O=C(CC(=O)Nc1ccc(F)c(Cl)c1)NCc1cc(C2CC2)n[nH]1. The summed E-state index contributed by atoms with van der Waals surface area (Å²) in [6.45, 7) is 0.286. The molecule has 1 aliphatic carbocycles. The Morgan fingerprint density at radius 1 is 1.29 bits per heavy atom. The zero-order chi connectivity index (χ0) is 17.1. The van der Waals surface area contributed by atoms with Gasteiger partial charge in [-0.1, -0.05) is 11.6 Å². The molecule has 1 aromatic heterocycles. The van der Waals surface area contributed by atoms with Gasteiger partial charge in [0.2, 0.25) is 11.8 Å². The standard InChI is InChI=1S/C16H16ClFN4O2/c17-12-5-10(3-4-13(12)18)20-16(24)7-15(23)19-8-11-6-14(22-21-11)9-1-2-9/h3-6,9H,1-2,7-8H2,(H,19,23)(H,20,24)(H,21,22). The fourth-order valence-corrected chi connectivity index (χ4v) is 2.42. The fraction of sp³-hybridized carbons (Fsp3) is 0.312. The second kappa shape index (κ2) is 7.00. The number of amides is 2. The van der Waals surface area contributed by atoms with Gasteiger partial charge in [0.1, 0.15) is 12.2 Å². The molecule has 8 heteroatoms. The number of halogens is 2. The average Bonchev–Trinajstić information content (AvgIpc) is 3.27. The molecule has 3 N–H and O–H groups in total. The Labute approximate surface area is 142 Å². The van der Waals surface area contributed by atoms with Crippen LogP contribution in [0.15, 0.2) is 24.3 Å². The Bertz CT molecular complexity index is 773. The van der Waals surface area contributed by atoms with Crippen molar-refractivity contribution in [2.24, 2.45) is 0 Å². The van der Waals surface area contributed by atoms with Crippen LogP contribution in [0.4, 0.5) is 10.1 Å². The highest BCUT2D eigenvalue weighted by molar-refractivity contribution is 6.31. The number of H-pyrrole nitrogens is 1. The lowest BCUT2D eigenvalue weighted by Gasteiger charge is -2.06. The lowest BCUT2D eigenvalue weighted by molar-refractivity contribution is -0.126. The minimum atomic E-state index is -0.572. The molecular weight excluding hydrogens is 335 g/mol. The van der Waals surface area contributed by atoms with Gasteiger partial charge in [-0.2, -0.15) is 5.10 Å². The molecule has 0 atom stereocenters. The van der Waals surface area contributed by atoms with Crippen molar-refractivity contribution in [1.82, 2.24) is 15.5 Å². The van der Waals surface area contributed by atoms with Crippen LogP contribution in [0.2, 0.25) is 5.02 Å². The second-order valence-electron chi connectivity index (χ2n) is 5.72. The monoisotopic (exact) mass is 350 g/mol. The van der Waals surface area contributed by atoms with Crippen molar-refractivity contribution in [2.75, 3.05) is 5.32 Å². The van der Waals surface area contributed by atoms with E-state index >= 15 is 0 Å². The van der Waals surface area contributed by atoms with Gasteiger partial charge in [0.15, 0.2) is 0 Å². The smallest absolute Gasteiger partial charge is 0.233 e. The molecule has 1 heterocycles. The number of aromatic amines is 1. The van der Waals surface area contributed by atoms with Gasteiger partial charge >= 0.3 is 0 Å². The molecule has 126 valence electrons. The van der Waals surface area contributed by atoms with Crippen molar-refractivity contribution in [3.8, 4) is 0 Å². The number of carbonyl (C=O) groups is 2. The second-order valence-corrected chi connectivity index (χ2v) is 6.13. The van der Waals surface area contributed by atoms with Crippen molar-refractivity contribution in [2.45, 2.75) is 31.7 Å². The first kappa shape index (κ1) is 16.4. The first-order valence-electron chi connectivity index (χ1n) is 7.57. The molecule has 24 heavy (non-hydrogen) atoms. The summed E-state index contributed by atoms with van der Waals surface area (Å²) in [7, 11) is 0. The number of carbonyl (C=O) groups excluding carboxylic acids is 2. The van der Waals surface area contributed by atoms with Crippen molar-refractivity contribution >= 4 is 29.1 Å². The van der Waals surface area contributed by atoms with Gasteiger partial charge in [0, 0.05) is 11.6 Å². The Hall–Kier alpha value is -2.41.